The normalized spacial score (nSPS) is 9.90. The van der Waals surface area contributed by atoms with E-state index in [1.54, 1.807) is 26.4 Å². The second-order valence-corrected chi connectivity index (χ2v) is 4.22. The van der Waals surface area contributed by atoms with Crippen LogP contribution in [0.1, 0.15) is 15.9 Å². The van der Waals surface area contributed by atoms with Crippen molar-refractivity contribution in [3.8, 4) is 5.88 Å². The third-order valence-electron chi connectivity index (χ3n) is 2.89. The third-order valence-corrected chi connectivity index (χ3v) is 2.89. The van der Waals surface area contributed by atoms with Crippen molar-refractivity contribution in [1.82, 2.24) is 10.3 Å². The lowest BCUT2D eigenvalue weighted by molar-refractivity contribution is 0.0963. The van der Waals surface area contributed by atoms with Gasteiger partial charge in [0.25, 0.3) is 5.91 Å². The fourth-order valence-electron chi connectivity index (χ4n) is 1.73. The maximum absolute atomic E-state index is 11.4. The molecule has 2 rings (SSSR count). The first-order valence-corrected chi connectivity index (χ1v) is 6.28. The summed E-state index contributed by atoms with van der Waals surface area (Å²) >= 11 is 0. The molecular formula is C15H17N3O2. The summed E-state index contributed by atoms with van der Waals surface area (Å²) in [7, 11) is 3.21. The van der Waals surface area contributed by atoms with E-state index in [-0.39, 0.29) is 5.91 Å². The van der Waals surface area contributed by atoms with E-state index in [4.69, 9.17) is 4.74 Å². The molecule has 0 aliphatic rings. The molecule has 1 aromatic heterocycles. The first-order valence-electron chi connectivity index (χ1n) is 6.28. The summed E-state index contributed by atoms with van der Waals surface area (Å²) in [5.74, 6) is 0.509. The SMILES string of the molecule is CNC(=O)c1ccc(CNc2ccc(OC)nc2)cc1. The Bertz CT molecular complexity index is 565. The van der Waals surface area contributed by atoms with Crippen LogP contribution in [0.2, 0.25) is 0 Å². The zero-order chi connectivity index (χ0) is 14.4. The van der Waals surface area contributed by atoms with Gasteiger partial charge in [0.15, 0.2) is 0 Å². The highest BCUT2D eigenvalue weighted by atomic mass is 16.5. The van der Waals surface area contributed by atoms with E-state index < -0.39 is 0 Å². The fraction of sp³-hybridized carbons (Fsp3) is 0.200. The van der Waals surface area contributed by atoms with Crippen molar-refractivity contribution in [3.05, 3.63) is 53.7 Å². The molecule has 0 unspecified atom stereocenters. The third kappa shape index (κ3) is 3.47. The van der Waals surface area contributed by atoms with Gasteiger partial charge in [0.2, 0.25) is 5.88 Å². The maximum atomic E-state index is 11.4. The highest BCUT2D eigenvalue weighted by Gasteiger charge is 2.02. The van der Waals surface area contributed by atoms with Gasteiger partial charge in [-0.05, 0) is 23.8 Å². The number of ether oxygens (including phenoxy) is 1. The van der Waals surface area contributed by atoms with Crippen LogP contribution in [0.15, 0.2) is 42.6 Å². The molecule has 0 bridgehead atoms. The highest BCUT2D eigenvalue weighted by molar-refractivity contribution is 5.93. The zero-order valence-corrected chi connectivity index (χ0v) is 11.5. The summed E-state index contributed by atoms with van der Waals surface area (Å²) in [6, 6.07) is 11.2. The van der Waals surface area contributed by atoms with E-state index in [2.05, 4.69) is 15.6 Å². The quantitative estimate of drug-likeness (QED) is 0.873. The minimum Gasteiger partial charge on any atom is -0.481 e. The van der Waals surface area contributed by atoms with Crippen LogP contribution in [0.4, 0.5) is 5.69 Å². The molecule has 0 spiro atoms. The van der Waals surface area contributed by atoms with E-state index in [1.165, 1.54) is 0 Å². The molecule has 5 heteroatoms. The number of anilines is 1. The van der Waals surface area contributed by atoms with Crippen molar-refractivity contribution in [3.63, 3.8) is 0 Å². The topological polar surface area (TPSA) is 63.2 Å². The van der Waals surface area contributed by atoms with Gasteiger partial charge in [0, 0.05) is 25.2 Å². The van der Waals surface area contributed by atoms with Crippen molar-refractivity contribution in [2.75, 3.05) is 19.5 Å². The van der Waals surface area contributed by atoms with E-state index in [1.807, 2.05) is 30.3 Å². The number of pyridine rings is 1. The van der Waals surface area contributed by atoms with Crippen molar-refractivity contribution >= 4 is 11.6 Å². The first kappa shape index (κ1) is 13.9. The number of methoxy groups -OCH3 is 1. The molecular weight excluding hydrogens is 254 g/mol. The molecule has 104 valence electrons. The Kier molecular flexibility index (Phi) is 4.55. The van der Waals surface area contributed by atoms with Gasteiger partial charge in [-0.15, -0.1) is 0 Å². The monoisotopic (exact) mass is 271 g/mol. The maximum Gasteiger partial charge on any atom is 0.251 e. The fourth-order valence-corrected chi connectivity index (χ4v) is 1.73. The summed E-state index contributed by atoms with van der Waals surface area (Å²) in [5.41, 5.74) is 2.66. The average Bonchev–Trinajstić information content (AvgIpc) is 2.53. The lowest BCUT2D eigenvalue weighted by Crippen LogP contribution is -2.17. The summed E-state index contributed by atoms with van der Waals surface area (Å²) in [6.45, 7) is 0.669. The number of hydrogen-bond acceptors (Lipinski definition) is 4. The molecule has 2 aromatic rings. The minimum absolute atomic E-state index is 0.0798. The zero-order valence-electron chi connectivity index (χ0n) is 11.5. The van der Waals surface area contributed by atoms with Crippen molar-refractivity contribution in [2.24, 2.45) is 0 Å². The Morgan fingerprint density at radius 1 is 1.20 bits per heavy atom. The van der Waals surface area contributed by atoms with E-state index in [0.717, 1.165) is 11.3 Å². The van der Waals surface area contributed by atoms with Crippen LogP contribution in [0.5, 0.6) is 5.88 Å². The Balaban J connectivity index is 1.94. The second-order valence-electron chi connectivity index (χ2n) is 4.22. The lowest BCUT2D eigenvalue weighted by Gasteiger charge is -2.07. The Hall–Kier alpha value is -2.56. The Morgan fingerprint density at radius 3 is 2.50 bits per heavy atom. The minimum atomic E-state index is -0.0798. The molecule has 1 heterocycles. The highest BCUT2D eigenvalue weighted by Crippen LogP contribution is 2.12. The molecule has 0 atom stereocenters. The molecule has 5 nitrogen and oxygen atoms in total. The predicted octanol–water partition coefficient (Wildman–Crippen LogP) is 2.06. The molecule has 0 saturated carbocycles. The van der Waals surface area contributed by atoms with Gasteiger partial charge >= 0.3 is 0 Å². The number of amides is 1. The number of nitrogens with zero attached hydrogens (tertiary/aromatic N) is 1. The van der Waals surface area contributed by atoms with Crippen molar-refractivity contribution in [1.29, 1.82) is 0 Å². The predicted molar refractivity (Wildman–Crippen MR) is 77.9 cm³/mol. The van der Waals surface area contributed by atoms with Gasteiger partial charge in [-0.25, -0.2) is 4.98 Å². The van der Waals surface area contributed by atoms with Crippen LogP contribution < -0.4 is 15.4 Å². The van der Waals surface area contributed by atoms with Crippen LogP contribution in [0.3, 0.4) is 0 Å². The van der Waals surface area contributed by atoms with Crippen LogP contribution in [-0.2, 0) is 6.54 Å². The van der Waals surface area contributed by atoms with E-state index in [0.29, 0.717) is 18.0 Å². The van der Waals surface area contributed by atoms with Gasteiger partial charge in [-0.3, -0.25) is 4.79 Å². The van der Waals surface area contributed by atoms with E-state index in [9.17, 15) is 4.79 Å². The van der Waals surface area contributed by atoms with Crippen LogP contribution in [0, 0.1) is 0 Å². The summed E-state index contributed by atoms with van der Waals surface area (Å²) in [4.78, 5) is 15.5. The molecule has 1 amide bonds. The van der Waals surface area contributed by atoms with Gasteiger partial charge in [0.1, 0.15) is 0 Å². The molecule has 20 heavy (non-hydrogen) atoms. The summed E-state index contributed by atoms with van der Waals surface area (Å²) < 4.78 is 5.00. The first-order chi connectivity index (χ1) is 9.72. The number of benzene rings is 1. The van der Waals surface area contributed by atoms with Crippen molar-refractivity contribution < 1.29 is 9.53 Å². The Morgan fingerprint density at radius 2 is 1.95 bits per heavy atom. The number of rotatable bonds is 5. The number of carbonyl (C=O) groups excluding carboxylic acids is 1. The summed E-state index contributed by atoms with van der Waals surface area (Å²) in [5, 5.41) is 5.85. The lowest BCUT2D eigenvalue weighted by atomic mass is 10.1. The summed E-state index contributed by atoms with van der Waals surface area (Å²) in [6.07, 6.45) is 1.72. The standard InChI is InChI=1S/C15H17N3O2/c1-16-15(19)12-5-3-11(4-6-12)9-17-13-7-8-14(20-2)18-10-13/h3-8,10,17H,9H2,1-2H3,(H,16,19). The molecule has 0 saturated heterocycles. The molecule has 1 aromatic carbocycles. The van der Waals surface area contributed by atoms with Crippen LogP contribution in [0.25, 0.3) is 0 Å². The van der Waals surface area contributed by atoms with Crippen LogP contribution in [-0.4, -0.2) is 25.0 Å². The molecule has 2 N–H and O–H groups in total. The molecule has 0 aliphatic heterocycles. The van der Waals surface area contributed by atoms with E-state index >= 15 is 0 Å². The van der Waals surface area contributed by atoms with Gasteiger partial charge in [-0.2, -0.15) is 0 Å². The molecule has 0 radical (unpaired) electrons. The number of aromatic nitrogens is 1. The van der Waals surface area contributed by atoms with Gasteiger partial charge in [0.05, 0.1) is 19.0 Å². The average molecular weight is 271 g/mol. The number of carbonyl (C=O) groups is 1. The molecule has 0 fully saturated rings. The van der Waals surface area contributed by atoms with Crippen LogP contribution >= 0.6 is 0 Å². The Labute approximate surface area is 118 Å². The molecule has 0 aliphatic carbocycles. The van der Waals surface area contributed by atoms with Crippen molar-refractivity contribution in [2.45, 2.75) is 6.54 Å². The van der Waals surface area contributed by atoms with Gasteiger partial charge in [-0.1, -0.05) is 12.1 Å². The van der Waals surface area contributed by atoms with Gasteiger partial charge < -0.3 is 15.4 Å². The smallest absolute Gasteiger partial charge is 0.251 e. The second kappa shape index (κ2) is 6.56. The largest absolute Gasteiger partial charge is 0.481 e. The number of hydrogen-bond donors (Lipinski definition) is 2. The number of nitrogens with one attached hydrogen (secondary N) is 2.